The van der Waals surface area contributed by atoms with Crippen LogP contribution in [0.2, 0.25) is 0 Å². The molecule has 20 heavy (non-hydrogen) atoms. The van der Waals surface area contributed by atoms with Crippen molar-refractivity contribution in [1.29, 1.82) is 0 Å². The van der Waals surface area contributed by atoms with Crippen molar-refractivity contribution in [3.63, 3.8) is 0 Å². The van der Waals surface area contributed by atoms with Gasteiger partial charge in [0, 0.05) is 0 Å². The van der Waals surface area contributed by atoms with E-state index < -0.39 is 29.0 Å². The summed E-state index contributed by atoms with van der Waals surface area (Å²) in [5.74, 6) is -0.981. The van der Waals surface area contributed by atoms with Gasteiger partial charge in [0.15, 0.2) is 0 Å². The van der Waals surface area contributed by atoms with Gasteiger partial charge in [0.25, 0.3) is 0 Å². The molecule has 2 atom stereocenters. The molecule has 0 radical (unpaired) electrons. The molecule has 0 aliphatic heterocycles. The van der Waals surface area contributed by atoms with Gasteiger partial charge in [-0.05, 0) is 30.4 Å². The lowest BCUT2D eigenvalue weighted by Crippen LogP contribution is -2.42. The first kappa shape index (κ1) is 14.9. The van der Waals surface area contributed by atoms with Gasteiger partial charge in [0.2, 0.25) is 5.91 Å². The zero-order valence-corrected chi connectivity index (χ0v) is 11.3. The van der Waals surface area contributed by atoms with Crippen molar-refractivity contribution in [2.75, 3.05) is 0 Å². The van der Waals surface area contributed by atoms with Crippen molar-refractivity contribution in [3.8, 4) is 0 Å². The van der Waals surface area contributed by atoms with Gasteiger partial charge in [-0.25, -0.2) is 0 Å². The quantitative estimate of drug-likeness (QED) is 0.881. The van der Waals surface area contributed by atoms with Crippen molar-refractivity contribution in [1.82, 2.24) is 0 Å². The van der Waals surface area contributed by atoms with E-state index in [1.165, 1.54) is 12.1 Å². The van der Waals surface area contributed by atoms with Crippen LogP contribution in [0, 0.1) is 5.41 Å². The van der Waals surface area contributed by atoms with E-state index in [4.69, 9.17) is 5.73 Å². The van der Waals surface area contributed by atoms with Gasteiger partial charge in [-0.1, -0.05) is 38.0 Å². The van der Waals surface area contributed by atoms with Crippen LogP contribution in [0.25, 0.3) is 0 Å². The Labute approximate surface area is 116 Å². The Kier molecular flexibility index (Phi) is 3.80. The minimum atomic E-state index is -4.41. The zero-order chi connectivity index (χ0) is 15.0. The van der Waals surface area contributed by atoms with E-state index in [-0.39, 0.29) is 5.56 Å². The fraction of sp³-hybridized carbons (Fsp3) is 0.533. The number of halogens is 3. The Bertz CT molecular complexity index is 512. The first-order chi connectivity index (χ1) is 9.27. The van der Waals surface area contributed by atoms with E-state index in [2.05, 4.69) is 0 Å². The van der Waals surface area contributed by atoms with Crippen LogP contribution in [-0.4, -0.2) is 5.91 Å². The van der Waals surface area contributed by atoms with Crippen LogP contribution >= 0.6 is 0 Å². The van der Waals surface area contributed by atoms with Crippen molar-refractivity contribution < 1.29 is 18.0 Å². The van der Waals surface area contributed by atoms with Crippen molar-refractivity contribution in [2.45, 2.75) is 44.7 Å². The summed E-state index contributed by atoms with van der Waals surface area (Å²) in [5.41, 5.74) is 4.11. The molecule has 1 amide bonds. The van der Waals surface area contributed by atoms with Crippen molar-refractivity contribution in [3.05, 3.63) is 35.4 Å². The molecule has 0 heterocycles. The summed E-state index contributed by atoms with van der Waals surface area (Å²) in [6.07, 6.45) is -1.66. The lowest BCUT2D eigenvalue weighted by Gasteiger charge is -2.40. The maximum Gasteiger partial charge on any atom is 0.416 e. The van der Waals surface area contributed by atoms with E-state index in [9.17, 15) is 18.0 Å². The fourth-order valence-electron chi connectivity index (χ4n) is 3.19. The molecule has 2 rings (SSSR count). The number of hydrogen-bond acceptors (Lipinski definition) is 1. The van der Waals surface area contributed by atoms with E-state index >= 15 is 0 Å². The van der Waals surface area contributed by atoms with Crippen LogP contribution in [0.5, 0.6) is 0 Å². The Hall–Kier alpha value is -1.52. The van der Waals surface area contributed by atoms with Gasteiger partial charge in [0.1, 0.15) is 0 Å². The number of rotatable bonds is 2. The number of amides is 1. The second-order valence-electron chi connectivity index (χ2n) is 5.67. The van der Waals surface area contributed by atoms with E-state index in [1.54, 1.807) is 13.0 Å². The Morgan fingerprint density at radius 1 is 1.30 bits per heavy atom. The number of benzene rings is 1. The second kappa shape index (κ2) is 5.11. The zero-order valence-electron chi connectivity index (χ0n) is 11.3. The first-order valence-corrected chi connectivity index (χ1v) is 6.73. The smallest absolute Gasteiger partial charge is 0.369 e. The van der Waals surface area contributed by atoms with Crippen LogP contribution in [0.3, 0.4) is 0 Å². The van der Waals surface area contributed by atoms with Gasteiger partial charge < -0.3 is 5.73 Å². The molecule has 2 unspecified atom stereocenters. The number of nitrogens with two attached hydrogens (primary N) is 1. The van der Waals surface area contributed by atoms with Crippen molar-refractivity contribution >= 4 is 5.91 Å². The molecule has 1 aromatic carbocycles. The highest BCUT2D eigenvalue weighted by atomic mass is 19.4. The number of primary amides is 1. The minimum Gasteiger partial charge on any atom is -0.369 e. The maximum absolute atomic E-state index is 13.1. The van der Waals surface area contributed by atoms with Gasteiger partial charge in [-0.3, -0.25) is 4.79 Å². The predicted molar refractivity (Wildman–Crippen MR) is 70.0 cm³/mol. The molecule has 1 aliphatic rings. The molecule has 0 spiro atoms. The summed E-state index contributed by atoms with van der Waals surface area (Å²) in [6.45, 7) is 1.69. The second-order valence-corrected chi connectivity index (χ2v) is 5.67. The lowest BCUT2D eigenvalue weighted by molar-refractivity contribution is -0.140. The largest absolute Gasteiger partial charge is 0.416 e. The molecular weight excluding hydrogens is 267 g/mol. The monoisotopic (exact) mass is 285 g/mol. The SMILES string of the molecule is CC1(C(N)=O)CCCCC1c1ccccc1C(F)(F)F. The predicted octanol–water partition coefficient (Wildman–Crippen LogP) is 3.85. The Balaban J connectivity index is 2.52. The summed E-state index contributed by atoms with van der Waals surface area (Å²) in [4.78, 5) is 11.8. The first-order valence-electron chi connectivity index (χ1n) is 6.73. The summed E-state index contributed by atoms with van der Waals surface area (Å²) in [5, 5.41) is 0. The third-order valence-corrected chi connectivity index (χ3v) is 4.41. The highest BCUT2D eigenvalue weighted by molar-refractivity contribution is 5.82. The molecule has 1 aliphatic carbocycles. The summed E-state index contributed by atoms with van der Waals surface area (Å²) in [7, 11) is 0. The molecule has 5 heteroatoms. The highest BCUT2D eigenvalue weighted by Gasteiger charge is 2.45. The molecule has 1 saturated carbocycles. The van der Waals surface area contributed by atoms with Gasteiger partial charge >= 0.3 is 6.18 Å². The molecule has 110 valence electrons. The third-order valence-electron chi connectivity index (χ3n) is 4.41. The fourth-order valence-corrected chi connectivity index (χ4v) is 3.19. The summed E-state index contributed by atoms with van der Waals surface area (Å²) >= 11 is 0. The molecule has 1 aromatic rings. The van der Waals surface area contributed by atoms with Crippen LogP contribution in [0.1, 0.15) is 49.7 Å². The van der Waals surface area contributed by atoms with E-state index in [1.807, 2.05) is 0 Å². The van der Waals surface area contributed by atoms with Crippen molar-refractivity contribution in [2.24, 2.45) is 11.1 Å². The summed E-state index contributed by atoms with van der Waals surface area (Å²) in [6, 6.07) is 5.50. The molecular formula is C15H18F3NO. The van der Waals surface area contributed by atoms with Crippen LogP contribution < -0.4 is 5.73 Å². The average molecular weight is 285 g/mol. The van der Waals surface area contributed by atoms with Gasteiger partial charge in [-0.2, -0.15) is 13.2 Å². The highest BCUT2D eigenvalue weighted by Crippen LogP contribution is 2.49. The third kappa shape index (κ3) is 2.53. The maximum atomic E-state index is 13.1. The Morgan fingerprint density at radius 3 is 2.55 bits per heavy atom. The number of carbonyl (C=O) groups is 1. The van der Waals surface area contributed by atoms with Gasteiger partial charge in [0.05, 0.1) is 11.0 Å². The van der Waals surface area contributed by atoms with E-state index in [0.717, 1.165) is 18.9 Å². The average Bonchev–Trinajstić information content (AvgIpc) is 2.38. The minimum absolute atomic E-state index is 0.195. The topological polar surface area (TPSA) is 43.1 Å². The van der Waals surface area contributed by atoms with Crippen LogP contribution in [0.4, 0.5) is 13.2 Å². The summed E-state index contributed by atoms with van der Waals surface area (Å²) < 4.78 is 39.4. The molecule has 1 fully saturated rings. The number of hydrogen-bond donors (Lipinski definition) is 1. The number of alkyl halides is 3. The van der Waals surface area contributed by atoms with Crippen LogP contribution in [0.15, 0.2) is 24.3 Å². The molecule has 2 N–H and O–H groups in total. The van der Waals surface area contributed by atoms with E-state index in [0.29, 0.717) is 12.8 Å². The molecule has 0 saturated heterocycles. The normalized spacial score (nSPS) is 27.3. The number of carbonyl (C=O) groups excluding carboxylic acids is 1. The van der Waals surface area contributed by atoms with Gasteiger partial charge in [-0.15, -0.1) is 0 Å². The molecule has 2 nitrogen and oxygen atoms in total. The molecule has 0 aromatic heterocycles. The lowest BCUT2D eigenvalue weighted by atomic mass is 9.64. The van der Waals surface area contributed by atoms with Crippen LogP contribution in [-0.2, 0) is 11.0 Å². The standard InChI is InChI=1S/C15H18F3NO/c1-14(13(19)20)9-5-4-7-11(14)10-6-2-3-8-12(10)15(16,17)18/h2-3,6,8,11H,4-5,7,9H2,1H3,(H2,19,20). The Morgan fingerprint density at radius 2 is 1.95 bits per heavy atom. The molecule has 0 bridgehead atoms.